The summed E-state index contributed by atoms with van der Waals surface area (Å²) < 4.78 is 0. The fraction of sp³-hybridized carbons (Fsp3) is 0.300. The SMILES string of the molecule is O=C(O)[C@@H]1Cc2cc([N+](=O)[O-])c(O)cc2CN1. The van der Waals surface area contributed by atoms with Crippen LogP contribution in [0.2, 0.25) is 0 Å². The number of aliphatic carboxylic acids is 1. The predicted octanol–water partition coefficient (Wildman–Crippen LogP) is 0.399. The lowest BCUT2D eigenvalue weighted by Crippen LogP contribution is -2.41. The van der Waals surface area contributed by atoms with Crippen molar-refractivity contribution >= 4 is 11.7 Å². The molecule has 3 N–H and O–H groups in total. The molecule has 0 bridgehead atoms. The van der Waals surface area contributed by atoms with Gasteiger partial charge < -0.3 is 15.5 Å². The quantitative estimate of drug-likeness (QED) is 0.507. The number of carbonyl (C=O) groups is 1. The van der Waals surface area contributed by atoms with Gasteiger partial charge in [0.1, 0.15) is 6.04 Å². The third-order valence-corrected chi connectivity index (χ3v) is 2.75. The largest absolute Gasteiger partial charge is 0.502 e. The molecule has 2 rings (SSSR count). The summed E-state index contributed by atoms with van der Waals surface area (Å²) in [4.78, 5) is 20.8. The van der Waals surface area contributed by atoms with E-state index in [1.165, 1.54) is 12.1 Å². The van der Waals surface area contributed by atoms with Crippen molar-refractivity contribution in [2.75, 3.05) is 0 Å². The molecule has 0 amide bonds. The number of nitrogens with one attached hydrogen (secondary N) is 1. The Morgan fingerprint density at radius 1 is 1.47 bits per heavy atom. The van der Waals surface area contributed by atoms with E-state index in [0.29, 0.717) is 11.1 Å². The summed E-state index contributed by atoms with van der Waals surface area (Å²) in [5.41, 5.74) is 0.876. The van der Waals surface area contributed by atoms with E-state index in [0.717, 1.165) is 0 Å². The summed E-state index contributed by atoms with van der Waals surface area (Å²) in [7, 11) is 0. The average molecular weight is 238 g/mol. The Morgan fingerprint density at radius 3 is 2.76 bits per heavy atom. The van der Waals surface area contributed by atoms with Gasteiger partial charge in [-0.15, -0.1) is 0 Å². The number of benzene rings is 1. The number of hydrogen-bond donors (Lipinski definition) is 3. The number of nitrogens with zero attached hydrogens (tertiary/aromatic N) is 1. The van der Waals surface area contributed by atoms with Gasteiger partial charge in [0.25, 0.3) is 0 Å². The van der Waals surface area contributed by atoms with Crippen LogP contribution in [-0.4, -0.2) is 27.1 Å². The van der Waals surface area contributed by atoms with Crippen LogP contribution >= 0.6 is 0 Å². The van der Waals surface area contributed by atoms with E-state index < -0.39 is 28.4 Å². The molecule has 0 unspecified atom stereocenters. The van der Waals surface area contributed by atoms with Crippen molar-refractivity contribution in [3.63, 3.8) is 0 Å². The molecular formula is C10H10N2O5. The second kappa shape index (κ2) is 4.02. The molecule has 1 aliphatic rings. The lowest BCUT2D eigenvalue weighted by molar-refractivity contribution is -0.385. The summed E-state index contributed by atoms with van der Waals surface area (Å²) in [6.07, 6.45) is 0.172. The Balaban J connectivity index is 2.40. The monoisotopic (exact) mass is 238 g/mol. The molecule has 0 saturated carbocycles. The van der Waals surface area contributed by atoms with Crippen molar-refractivity contribution in [3.8, 4) is 5.75 Å². The molecule has 7 heteroatoms. The van der Waals surface area contributed by atoms with Crippen molar-refractivity contribution in [2.45, 2.75) is 19.0 Å². The zero-order valence-corrected chi connectivity index (χ0v) is 8.71. The van der Waals surface area contributed by atoms with Crippen molar-refractivity contribution in [1.29, 1.82) is 0 Å². The lowest BCUT2D eigenvalue weighted by atomic mass is 9.95. The van der Waals surface area contributed by atoms with Gasteiger partial charge in [0, 0.05) is 12.6 Å². The van der Waals surface area contributed by atoms with Gasteiger partial charge in [0.15, 0.2) is 5.75 Å². The third kappa shape index (κ3) is 2.04. The first-order valence-electron chi connectivity index (χ1n) is 4.94. The molecule has 0 radical (unpaired) electrons. The fourth-order valence-electron chi connectivity index (χ4n) is 1.86. The lowest BCUT2D eigenvalue weighted by Gasteiger charge is -2.22. The van der Waals surface area contributed by atoms with Gasteiger partial charge in [0.05, 0.1) is 4.92 Å². The van der Waals surface area contributed by atoms with Crippen LogP contribution in [0.25, 0.3) is 0 Å². The van der Waals surface area contributed by atoms with Gasteiger partial charge in [-0.25, -0.2) is 0 Å². The van der Waals surface area contributed by atoms with E-state index >= 15 is 0 Å². The zero-order chi connectivity index (χ0) is 12.6. The summed E-state index contributed by atoms with van der Waals surface area (Å²) in [6.45, 7) is 0.276. The Labute approximate surface area is 95.8 Å². The van der Waals surface area contributed by atoms with E-state index in [1.807, 2.05) is 0 Å². The molecule has 7 nitrogen and oxygen atoms in total. The molecule has 0 saturated heterocycles. The number of nitro benzene ring substituents is 1. The van der Waals surface area contributed by atoms with Gasteiger partial charge in [-0.1, -0.05) is 0 Å². The van der Waals surface area contributed by atoms with Gasteiger partial charge in [-0.2, -0.15) is 0 Å². The maximum Gasteiger partial charge on any atom is 0.321 e. The smallest absolute Gasteiger partial charge is 0.321 e. The van der Waals surface area contributed by atoms with E-state index in [9.17, 15) is 20.0 Å². The zero-order valence-electron chi connectivity index (χ0n) is 8.71. The molecule has 17 heavy (non-hydrogen) atoms. The molecular weight excluding hydrogens is 228 g/mol. The number of rotatable bonds is 2. The number of carboxylic acids is 1. The number of hydrogen-bond acceptors (Lipinski definition) is 5. The van der Waals surface area contributed by atoms with Gasteiger partial charge in [-0.3, -0.25) is 14.9 Å². The molecule has 0 fully saturated rings. The predicted molar refractivity (Wildman–Crippen MR) is 56.7 cm³/mol. The number of fused-ring (bicyclic) bond motifs is 1. The third-order valence-electron chi connectivity index (χ3n) is 2.75. The maximum absolute atomic E-state index is 10.8. The number of phenols is 1. The van der Waals surface area contributed by atoms with Crippen molar-refractivity contribution in [3.05, 3.63) is 33.4 Å². The van der Waals surface area contributed by atoms with Gasteiger partial charge in [-0.05, 0) is 23.6 Å². The molecule has 1 heterocycles. The second-order valence-corrected chi connectivity index (χ2v) is 3.84. The summed E-state index contributed by atoms with van der Waals surface area (Å²) in [6, 6.07) is 1.80. The van der Waals surface area contributed by atoms with Crippen LogP contribution in [0, 0.1) is 10.1 Å². The minimum absolute atomic E-state index is 0.172. The van der Waals surface area contributed by atoms with Gasteiger partial charge >= 0.3 is 11.7 Å². The Morgan fingerprint density at radius 2 is 2.18 bits per heavy atom. The van der Waals surface area contributed by atoms with E-state index in [-0.39, 0.29) is 13.0 Å². The van der Waals surface area contributed by atoms with Gasteiger partial charge in [0.2, 0.25) is 0 Å². The minimum atomic E-state index is -0.994. The van der Waals surface area contributed by atoms with Crippen LogP contribution in [0.15, 0.2) is 12.1 Å². The average Bonchev–Trinajstić information content (AvgIpc) is 2.27. The normalized spacial score (nSPS) is 18.5. The first-order chi connectivity index (χ1) is 7.99. The highest BCUT2D eigenvalue weighted by Crippen LogP contribution is 2.31. The van der Waals surface area contributed by atoms with Crippen LogP contribution in [-0.2, 0) is 17.8 Å². The highest BCUT2D eigenvalue weighted by Gasteiger charge is 2.26. The maximum atomic E-state index is 10.8. The highest BCUT2D eigenvalue weighted by atomic mass is 16.6. The standard InChI is InChI=1S/C10H10N2O5/c13-9-3-6-4-11-7(10(14)15)1-5(6)2-8(9)12(16)17/h2-3,7,11,13H,1,4H2,(H,14,15)/t7-/m0/s1. The Kier molecular flexibility index (Phi) is 2.68. The molecule has 90 valence electrons. The number of aromatic hydroxyl groups is 1. The van der Waals surface area contributed by atoms with Crippen molar-refractivity contribution in [1.82, 2.24) is 5.32 Å². The highest BCUT2D eigenvalue weighted by molar-refractivity contribution is 5.74. The summed E-state index contributed by atoms with van der Waals surface area (Å²) in [5.74, 6) is -1.39. The molecule has 1 aromatic carbocycles. The summed E-state index contributed by atoms with van der Waals surface area (Å²) in [5, 5.41) is 31.7. The molecule has 0 aliphatic carbocycles. The first-order valence-corrected chi connectivity index (χ1v) is 4.94. The first kappa shape index (κ1) is 11.3. The molecule has 1 aliphatic heterocycles. The Hall–Kier alpha value is -2.15. The molecule has 0 spiro atoms. The van der Waals surface area contributed by atoms with Crippen LogP contribution in [0.3, 0.4) is 0 Å². The number of carboxylic acid groups (broad SMARTS) is 1. The van der Waals surface area contributed by atoms with Crippen LogP contribution in [0.1, 0.15) is 11.1 Å². The van der Waals surface area contributed by atoms with Crippen molar-refractivity contribution in [2.24, 2.45) is 0 Å². The second-order valence-electron chi connectivity index (χ2n) is 3.84. The number of phenolic OH excluding ortho intramolecular Hbond substituents is 1. The minimum Gasteiger partial charge on any atom is -0.502 e. The van der Waals surface area contributed by atoms with Crippen LogP contribution < -0.4 is 5.32 Å². The fourth-order valence-corrected chi connectivity index (χ4v) is 1.86. The van der Waals surface area contributed by atoms with E-state index in [2.05, 4.69) is 5.32 Å². The Bertz CT molecular complexity index is 500. The van der Waals surface area contributed by atoms with Crippen LogP contribution in [0.5, 0.6) is 5.75 Å². The molecule has 0 aromatic heterocycles. The van der Waals surface area contributed by atoms with Crippen LogP contribution in [0.4, 0.5) is 5.69 Å². The van der Waals surface area contributed by atoms with E-state index in [4.69, 9.17) is 5.11 Å². The summed E-state index contributed by atoms with van der Waals surface area (Å²) >= 11 is 0. The number of nitro groups is 1. The van der Waals surface area contributed by atoms with E-state index in [1.54, 1.807) is 0 Å². The van der Waals surface area contributed by atoms with Crippen molar-refractivity contribution < 1.29 is 19.9 Å². The molecule has 1 atom stereocenters. The molecule has 1 aromatic rings. The topological polar surface area (TPSA) is 113 Å².